The fourth-order valence-corrected chi connectivity index (χ4v) is 5.80. The molecule has 0 spiro atoms. The number of unbranched alkanes of at least 4 members (excludes halogenated alkanes) is 23. The number of carbonyl (C=O) groups excluding carboxylic acids is 2. The monoisotopic (exact) mass is 675 g/mol. The molecule has 0 radical (unpaired) electrons. The third-order valence-electron chi connectivity index (χ3n) is 8.94. The summed E-state index contributed by atoms with van der Waals surface area (Å²) in [5, 5.41) is 9.47. The summed E-state index contributed by atoms with van der Waals surface area (Å²) in [6, 6.07) is 0. The van der Waals surface area contributed by atoms with E-state index in [2.05, 4.69) is 50.3 Å². The summed E-state index contributed by atoms with van der Waals surface area (Å²) < 4.78 is 10.5. The van der Waals surface area contributed by atoms with Crippen LogP contribution in [0.4, 0.5) is 0 Å². The average molecular weight is 675 g/mol. The second kappa shape index (κ2) is 39.6. The van der Waals surface area contributed by atoms with Gasteiger partial charge < -0.3 is 14.6 Å². The van der Waals surface area contributed by atoms with Crippen molar-refractivity contribution >= 4 is 11.9 Å². The van der Waals surface area contributed by atoms with Gasteiger partial charge in [-0.1, -0.05) is 179 Å². The van der Waals surface area contributed by atoms with Crippen molar-refractivity contribution in [2.75, 3.05) is 13.2 Å². The first-order valence-corrected chi connectivity index (χ1v) is 20.5. The third kappa shape index (κ3) is 36.9. The first-order chi connectivity index (χ1) is 23.6. The summed E-state index contributed by atoms with van der Waals surface area (Å²) in [5.74, 6) is -0.602. The van der Waals surface area contributed by atoms with Crippen LogP contribution in [0.25, 0.3) is 0 Å². The molecule has 0 bridgehead atoms. The fraction of sp³-hybridized carbons (Fsp3) is 0.814. The molecule has 0 aliphatic heterocycles. The predicted octanol–water partition coefficient (Wildman–Crippen LogP) is 12.8. The van der Waals surface area contributed by atoms with Crippen molar-refractivity contribution in [1.82, 2.24) is 0 Å². The van der Waals surface area contributed by atoms with E-state index in [-0.39, 0.29) is 25.2 Å². The van der Waals surface area contributed by atoms with E-state index < -0.39 is 6.10 Å². The van der Waals surface area contributed by atoms with Gasteiger partial charge in [-0.05, 0) is 51.4 Å². The maximum atomic E-state index is 12.1. The molecule has 5 nitrogen and oxygen atoms in total. The minimum absolute atomic E-state index is 0.0651. The highest BCUT2D eigenvalue weighted by Gasteiger charge is 2.16. The molecule has 0 aromatic heterocycles. The Morgan fingerprint density at radius 1 is 0.479 bits per heavy atom. The van der Waals surface area contributed by atoms with E-state index in [9.17, 15) is 14.7 Å². The SMILES string of the molecule is CCCCCCC/C=C\C/C=C\C/C=C\CCCCCCCCCCCCCCCCC(=O)OC(CO)COC(=O)CCCCCCC. The van der Waals surface area contributed by atoms with Gasteiger partial charge in [0.2, 0.25) is 0 Å². The van der Waals surface area contributed by atoms with Crippen molar-refractivity contribution < 1.29 is 24.2 Å². The van der Waals surface area contributed by atoms with Gasteiger partial charge in [0, 0.05) is 12.8 Å². The van der Waals surface area contributed by atoms with Crippen LogP contribution in [0.1, 0.15) is 206 Å². The van der Waals surface area contributed by atoms with Gasteiger partial charge in [0.15, 0.2) is 6.10 Å². The molecule has 0 aromatic carbocycles. The van der Waals surface area contributed by atoms with Crippen molar-refractivity contribution in [3.05, 3.63) is 36.5 Å². The first kappa shape index (κ1) is 46.1. The maximum absolute atomic E-state index is 12.1. The van der Waals surface area contributed by atoms with Crippen LogP contribution in [-0.4, -0.2) is 36.4 Å². The van der Waals surface area contributed by atoms with Gasteiger partial charge in [0.25, 0.3) is 0 Å². The number of aliphatic hydroxyl groups excluding tert-OH is 1. The third-order valence-corrected chi connectivity index (χ3v) is 8.94. The molecule has 0 aliphatic rings. The Hall–Kier alpha value is -1.88. The summed E-state index contributed by atoms with van der Waals surface area (Å²) in [7, 11) is 0. The second-order valence-electron chi connectivity index (χ2n) is 13.7. The largest absolute Gasteiger partial charge is 0.462 e. The lowest BCUT2D eigenvalue weighted by Gasteiger charge is -2.15. The smallest absolute Gasteiger partial charge is 0.306 e. The normalized spacial score (nSPS) is 12.5. The number of allylic oxidation sites excluding steroid dienone is 6. The molecule has 0 aromatic rings. The summed E-state index contributed by atoms with van der Waals surface area (Å²) in [6.45, 7) is 4.04. The maximum Gasteiger partial charge on any atom is 0.306 e. The van der Waals surface area contributed by atoms with Crippen LogP contribution in [0.2, 0.25) is 0 Å². The number of carbonyl (C=O) groups is 2. The van der Waals surface area contributed by atoms with Crippen LogP contribution in [0.15, 0.2) is 36.5 Å². The predicted molar refractivity (Wildman–Crippen MR) is 205 cm³/mol. The van der Waals surface area contributed by atoms with Crippen LogP contribution >= 0.6 is 0 Å². The lowest BCUT2D eigenvalue weighted by molar-refractivity contribution is -0.161. The van der Waals surface area contributed by atoms with Crippen LogP contribution in [-0.2, 0) is 19.1 Å². The van der Waals surface area contributed by atoms with Crippen molar-refractivity contribution in [2.45, 2.75) is 213 Å². The summed E-state index contributed by atoms with van der Waals surface area (Å²) >= 11 is 0. The number of hydrogen-bond donors (Lipinski definition) is 1. The lowest BCUT2D eigenvalue weighted by Crippen LogP contribution is -2.28. The van der Waals surface area contributed by atoms with Gasteiger partial charge in [-0.25, -0.2) is 0 Å². The van der Waals surface area contributed by atoms with E-state index in [0.717, 1.165) is 51.4 Å². The molecule has 280 valence electrons. The molecule has 48 heavy (non-hydrogen) atoms. The molecule has 0 rings (SSSR count). The number of esters is 2. The Morgan fingerprint density at radius 3 is 1.25 bits per heavy atom. The molecule has 1 N–H and O–H groups in total. The van der Waals surface area contributed by atoms with Gasteiger partial charge in [-0.2, -0.15) is 0 Å². The molecule has 0 saturated carbocycles. The average Bonchev–Trinajstić information content (AvgIpc) is 3.09. The Balaban J connectivity index is 3.43. The summed E-state index contributed by atoms with van der Waals surface area (Å²) in [5.41, 5.74) is 0. The van der Waals surface area contributed by atoms with E-state index in [1.54, 1.807) is 0 Å². The van der Waals surface area contributed by atoms with E-state index in [0.29, 0.717) is 12.8 Å². The topological polar surface area (TPSA) is 72.8 Å². The van der Waals surface area contributed by atoms with Gasteiger partial charge in [-0.3, -0.25) is 9.59 Å². The van der Waals surface area contributed by atoms with Gasteiger partial charge in [0.05, 0.1) is 6.61 Å². The molecule has 5 heteroatoms. The summed E-state index contributed by atoms with van der Waals surface area (Å²) in [4.78, 5) is 23.9. The minimum Gasteiger partial charge on any atom is -0.462 e. The Morgan fingerprint density at radius 2 is 0.833 bits per heavy atom. The highest BCUT2D eigenvalue weighted by Crippen LogP contribution is 2.14. The molecule has 0 saturated heterocycles. The Labute approximate surface area is 297 Å². The van der Waals surface area contributed by atoms with Crippen LogP contribution < -0.4 is 0 Å². The van der Waals surface area contributed by atoms with Crippen LogP contribution in [0, 0.1) is 0 Å². The zero-order chi connectivity index (χ0) is 35.0. The van der Waals surface area contributed by atoms with Crippen LogP contribution in [0.5, 0.6) is 0 Å². The van der Waals surface area contributed by atoms with E-state index in [4.69, 9.17) is 9.47 Å². The summed E-state index contributed by atoms with van der Waals surface area (Å²) in [6.07, 6.45) is 48.3. The van der Waals surface area contributed by atoms with Gasteiger partial charge >= 0.3 is 11.9 Å². The standard InChI is InChI=1S/C43H78O5/c1-3-5-7-9-10-11-12-13-14-15-16-17-18-19-20-21-22-23-24-25-26-27-28-29-30-31-32-34-36-38-43(46)48-41(39-44)40-47-42(45)37-35-33-8-6-4-2/h12-13,15-16,18-19,41,44H,3-11,14,17,20-40H2,1-2H3/b13-12-,16-15-,19-18-. The molecule has 0 amide bonds. The van der Waals surface area contributed by atoms with Crippen molar-refractivity contribution in [2.24, 2.45) is 0 Å². The van der Waals surface area contributed by atoms with Gasteiger partial charge in [-0.15, -0.1) is 0 Å². The molecule has 1 atom stereocenters. The molecule has 1 unspecified atom stereocenters. The Kier molecular flexibility index (Phi) is 38.0. The number of rotatable bonds is 37. The van der Waals surface area contributed by atoms with Crippen LogP contribution in [0.3, 0.4) is 0 Å². The van der Waals surface area contributed by atoms with Crippen molar-refractivity contribution in [3.8, 4) is 0 Å². The Bertz CT molecular complexity index is 771. The lowest BCUT2D eigenvalue weighted by atomic mass is 10.0. The van der Waals surface area contributed by atoms with Crippen molar-refractivity contribution in [3.63, 3.8) is 0 Å². The van der Waals surface area contributed by atoms with Crippen molar-refractivity contribution in [1.29, 1.82) is 0 Å². The molecule has 0 heterocycles. The number of hydrogen-bond acceptors (Lipinski definition) is 5. The quantitative estimate of drug-likeness (QED) is 0.0403. The molecular formula is C43H78O5. The van der Waals surface area contributed by atoms with E-state index >= 15 is 0 Å². The van der Waals surface area contributed by atoms with E-state index in [1.807, 2.05) is 0 Å². The first-order valence-electron chi connectivity index (χ1n) is 20.5. The zero-order valence-electron chi connectivity index (χ0n) is 31.7. The van der Waals surface area contributed by atoms with Gasteiger partial charge in [0.1, 0.15) is 6.61 Å². The number of ether oxygens (including phenoxy) is 2. The minimum atomic E-state index is -0.765. The highest BCUT2D eigenvalue weighted by molar-refractivity contribution is 5.70. The molecule has 0 aliphatic carbocycles. The van der Waals surface area contributed by atoms with E-state index in [1.165, 1.54) is 128 Å². The zero-order valence-corrected chi connectivity index (χ0v) is 31.7. The molecular weight excluding hydrogens is 596 g/mol. The number of aliphatic hydroxyl groups is 1. The fourth-order valence-electron chi connectivity index (χ4n) is 5.80. The molecule has 0 fully saturated rings. The highest BCUT2D eigenvalue weighted by atomic mass is 16.6. The second-order valence-corrected chi connectivity index (χ2v) is 13.7.